The SMILES string of the molecule is CCCS(=O)(=O)c1ccccc1S(=O)(=O)NC(=O)Nc1nc(Cl)cc(OCC)n1. The highest BCUT2D eigenvalue weighted by Gasteiger charge is 2.27. The fraction of sp³-hybridized carbons (Fsp3) is 0.312. The molecule has 0 aliphatic carbocycles. The molecule has 29 heavy (non-hydrogen) atoms. The summed E-state index contributed by atoms with van der Waals surface area (Å²) in [5.74, 6) is -0.440. The van der Waals surface area contributed by atoms with Gasteiger partial charge in [-0.3, -0.25) is 5.32 Å². The van der Waals surface area contributed by atoms with Crippen molar-refractivity contribution in [2.24, 2.45) is 0 Å². The highest BCUT2D eigenvalue weighted by Crippen LogP contribution is 2.22. The molecule has 0 bridgehead atoms. The van der Waals surface area contributed by atoms with Crippen molar-refractivity contribution >= 4 is 43.4 Å². The molecule has 0 fully saturated rings. The zero-order valence-electron chi connectivity index (χ0n) is 15.5. The third-order valence-electron chi connectivity index (χ3n) is 3.36. The van der Waals surface area contributed by atoms with E-state index in [9.17, 15) is 21.6 Å². The van der Waals surface area contributed by atoms with E-state index in [0.29, 0.717) is 6.42 Å². The number of hydrogen-bond acceptors (Lipinski definition) is 8. The van der Waals surface area contributed by atoms with Gasteiger partial charge in [0.2, 0.25) is 11.8 Å². The molecule has 0 atom stereocenters. The minimum Gasteiger partial charge on any atom is -0.478 e. The second-order valence-electron chi connectivity index (χ2n) is 5.61. The smallest absolute Gasteiger partial charge is 0.335 e. The molecule has 1 heterocycles. The largest absolute Gasteiger partial charge is 0.478 e. The highest BCUT2D eigenvalue weighted by molar-refractivity contribution is 7.94. The van der Waals surface area contributed by atoms with Crippen molar-refractivity contribution in [1.29, 1.82) is 0 Å². The van der Waals surface area contributed by atoms with Crippen LogP contribution in [-0.4, -0.2) is 45.2 Å². The lowest BCUT2D eigenvalue weighted by Crippen LogP contribution is -2.35. The highest BCUT2D eigenvalue weighted by atomic mass is 35.5. The van der Waals surface area contributed by atoms with Crippen LogP contribution in [0.1, 0.15) is 20.3 Å². The van der Waals surface area contributed by atoms with Crippen molar-refractivity contribution in [3.63, 3.8) is 0 Å². The Hall–Kier alpha value is -2.44. The Bertz CT molecular complexity index is 1110. The van der Waals surface area contributed by atoms with Crippen LogP contribution in [0.15, 0.2) is 40.1 Å². The molecule has 2 amide bonds. The van der Waals surface area contributed by atoms with Gasteiger partial charge in [0.15, 0.2) is 9.84 Å². The number of rotatable bonds is 8. The number of anilines is 1. The fourth-order valence-electron chi connectivity index (χ4n) is 2.29. The number of benzene rings is 1. The van der Waals surface area contributed by atoms with Gasteiger partial charge in [-0.1, -0.05) is 30.7 Å². The molecule has 0 spiro atoms. The van der Waals surface area contributed by atoms with Crippen molar-refractivity contribution < 1.29 is 26.4 Å². The van der Waals surface area contributed by atoms with Gasteiger partial charge in [0.1, 0.15) is 10.0 Å². The molecule has 1 aromatic carbocycles. The first kappa shape index (κ1) is 22.8. The van der Waals surface area contributed by atoms with E-state index < -0.39 is 30.8 Å². The van der Waals surface area contributed by atoms with E-state index in [-0.39, 0.29) is 34.2 Å². The second kappa shape index (κ2) is 9.37. The molecule has 10 nitrogen and oxygen atoms in total. The Labute approximate surface area is 173 Å². The number of carbonyl (C=O) groups excluding carboxylic acids is 1. The Morgan fingerprint density at radius 3 is 2.38 bits per heavy atom. The Morgan fingerprint density at radius 1 is 1.10 bits per heavy atom. The van der Waals surface area contributed by atoms with Gasteiger partial charge >= 0.3 is 6.03 Å². The Kier molecular flexibility index (Phi) is 7.38. The van der Waals surface area contributed by atoms with Gasteiger partial charge in [-0.25, -0.2) is 31.3 Å². The molecule has 2 N–H and O–H groups in total. The van der Waals surface area contributed by atoms with Crippen LogP contribution >= 0.6 is 11.6 Å². The maximum atomic E-state index is 12.6. The van der Waals surface area contributed by atoms with Crippen molar-refractivity contribution in [3.05, 3.63) is 35.5 Å². The van der Waals surface area contributed by atoms with Crippen molar-refractivity contribution in [2.45, 2.75) is 30.1 Å². The fourth-order valence-corrected chi connectivity index (χ4v) is 5.58. The maximum absolute atomic E-state index is 12.6. The van der Waals surface area contributed by atoms with Crippen LogP contribution in [0, 0.1) is 0 Å². The van der Waals surface area contributed by atoms with Gasteiger partial charge in [-0.15, -0.1) is 0 Å². The monoisotopic (exact) mass is 462 g/mol. The van der Waals surface area contributed by atoms with E-state index >= 15 is 0 Å². The van der Waals surface area contributed by atoms with E-state index in [0.717, 1.165) is 6.07 Å². The van der Waals surface area contributed by atoms with Crippen LogP contribution in [0.3, 0.4) is 0 Å². The number of hydrogen-bond donors (Lipinski definition) is 2. The quantitative estimate of drug-likeness (QED) is 0.568. The second-order valence-corrected chi connectivity index (χ2v) is 9.73. The minimum absolute atomic E-state index is 0.0300. The van der Waals surface area contributed by atoms with Gasteiger partial charge in [0, 0.05) is 6.07 Å². The maximum Gasteiger partial charge on any atom is 0.335 e. The summed E-state index contributed by atoms with van der Waals surface area (Å²) in [5.41, 5.74) is 0. The third-order valence-corrected chi connectivity index (χ3v) is 7.05. The molecule has 1 aromatic heterocycles. The number of aromatic nitrogens is 2. The summed E-state index contributed by atoms with van der Waals surface area (Å²) in [6.07, 6.45) is 0.304. The van der Waals surface area contributed by atoms with E-state index in [2.05, 4.69) is 15.3 Å². The lowest BCUT2D eigenvalue weighted by atomic mass is 10.4. The number of carbonyl (C=O) groups is 1. The molecular formula is C16H19ClN4O6S2. The van der Waals surface area contributed by atoms with E-state index in [1.807, 2.05) is 0 Å². The summed E-state index contributed by atoms with van der Waals surface area (Å²) in [4.78, 5) is 18.8. The summed E-state index contributed by atoms with van der Waals surface area (Å²) in [5, 5.41) is 2.10. The predicted molar refractivity (Wildman–Crippen MR) is 106 cm³/mol. The summed E-state index contributed by atoms with van der Waals surface area (Å²) in [6.45, 7) is 3.66. The molecule has 0 aliphatic heterocycles. The van der Waals surface area contributed by atoms with E-state index in [4.69, 9.17) is 16.3 Å². The molecule has 2 aromatic rings. The van der Waals surface area contributed by atoms with Gasteiger partial charge in [0.25, 0.3) is 10.0 Å². The average Bonchev–Trinajstić information content (AvgIpc) is 2.61. The first-order valence-corrected chi connectivity index (χ1v) is 11.9. The van der Waals surface area contributed by atoms with E-state index in [1.54, 1.807) is 18.6 Å². The summed E-state index contributed by atoms with van der Waals surface area (Å²) in [7, 11) is -8.35. The minimum atomic E-state index is -4.50. The van der Waals surface area contributed by atoms with Crippen LogP contribution < -0.4 is 14.8 Å². The summed E-state index contributed by atoms with van der Waals surface area (Å²) in [6, 6.07) is 5.15. The van der Waals surface area contributed by atoms with Crippen LogP contribution in [-0.2, 0) is 19.9 Å². The van der Waals surface area contributed by atoms with Crippen molar-refractivity contribution in [2.75, 3.05) is 17.7 Å². The molecular weight excluding hydrogens is 444 g/mol. The van der Waals surface area contributed by atoms with Crippen molar-refractivity contribution in [1.82, 2.24) is 14.7 Å². The van der Waals surface area contributed by atoms with Crippen molar-refractivity contribution in [3.8, 4) is 5.88 Å². The van der Waals surface area contributed by atoms with Crippen LogP contribution in [0.2, 0.25) is 5.15 Å². The number of sulfone groups is 1. The molecule has 0 saturated carbocycles. The van der Waals surface area contributed by atoms with Crippen LogP contribution in [0.4, 0.5) is 10.7 Å². The Morgan fingerprint density at radius 2 is 1.76 bits per heavy atom. The van der Waals surface area contributed by atoms with Gasteiger partial charge in [-0.05, 0) is 25.5 Å². The number of ether oxygens (including phenoxy) is 1. The molecule has 13 heteroatoms. The Balaban J connectivity index is 2.28. The summed E-state index contributed by atoms with van der Waals surface area (Å²) >= 11 is 5.81. The number of urea groups is 1. The third kappa shape index (κ3) is 6.02. The topological polar surface area (TPSA) is 144 Å². The summed E-state index contributed by atoms with van der Waals surface area (Å²) < 4.78 is 56.9. The molecule has 2 rings (SSSR count). The lowest BCUT2D eigenvalue weighted by molar-refractivity contribution is 0.256. The number of amides is 2. The van der Waals surface area contributed by atoms with Crippen LogP contribution in [0.25, 0.3) is 0 Å². The standard InChI is InChI=1S/C16H19ClN4O6S2/c1-3-9-28(23,24)11-7-5-6-8-12(11)29(25,26)21-16(22)20-15-18-13(17)10-14(19-15)27-4-2/h5-8,10H,3-4,9H2,1-2H3,(H2,18,19,20,21,22). The van der Waals surface area contributed by atoms with Gasteiger partial charge in [0.05, 0.1) is 17.3 Å². The lowest BCUT2D eigenvalue weighted by Gasteiger charge is -2.12. The number of sulfonamides is 1. The molecule has 0 unspecified atom stereocenters. The van der Waals surface area contributed by atoms with Gasteiger partial charge in [-0.2, -0.15) is 4.98 Å². The number of nitrogens with one attached hydrogen (secondary N) is 2. The average molecular weight is 463 g/mol. The number of nitrogens with zero attached hydrogens (tertiary/aromatic N) is 2. The predicted octanol–water partition coefficient (Wildman–Crippen LogP) is 2.22. The normalized spacial score (nSPS) is 11.7. The van der Waals surface area contributed by atoms with E-state index in [1.165, 1.54) is 24.3 Å². The van der Waals surface area contributed by atoms with Crippen LogP contribution in [0.5, 0.6) is 5.88 Å². The first-order valence-electron chi connectivity index (χ1n) is 8.42. The van der Waals surface area contributed by atoms with Gasteiger partial charge < -0.3 is 4.74 Å². The number of halogens is 1. The zero-order valence-corrected chi connectivity index (χ0v) is 17.9. The molecule has 0 radical (unpaired) electrons. The zero-order chi connectivity index (χ0) is 21.7. The first-order chi connectivity index (χ1) is 13.6. The molecule has 158 valence electrons. The molecule has 0 aliphatic rings. The molecule has 0 saturated heterocycles.